The molecule has 20 heavy (non-hydrogen) atoms. The van der Waals surface area contributed by atoms with E-state index in [0.29, 0.717) is 23.1 Å². The van der Waals surface area contributed by atoms with E-state index in [1.165, 1.54) is 25.0 Å². The molecule has 0 saturated heterocycles. The third-order valence-electron chi connectivity index (χ3n) is 3.83. The van der Waals surface area contributed by atoms with Crippen LogP contribution in [-0.4, -0.2) is 23.0 Å². The zero-order valence-corrected chi connectivity index (χ0v) is 12.3. The Bertz CT molecular complexity index is 502. The number of anilines is 2. The van der Waals surface area contributed by atoms with Crippen LogP contribution in [0.1, 0.15) is 39.5 Å². The average molecular weight is 278 g/mol. The van der Waals surface area contributed by atoms with Crippen LogP contribution >= 0.6 is 0 Å². The molecule has 1 heterocycles. The zero-order chi connectivity index (χ0) is 14.8. The normalized spacial score (nSPS) is 21.2. The summed E-state index contributed by atoms with van der Waals surface area (Å²) < 4.78 is 0. The van der Waals surface area contributed by atoms with Gasteiger partial charge in [-0.05, 0) is 24.7 Å². The van der Waals surface area contributed by atoms with E-state index in [0.717, 1.165) is 12.8 Å². The maximum atomic E-state index is 10.9. The SMILES string of the molecule is CNc1cc([N+](=O)[O-])cc(NC2CCCC(C)(C)C2)n1. The van der Waals surface area contributed by atoms with Gasteiger partial charge in [0, 0.05) is 13.1 Å². The minimum absolute atomic E-state index is 0.0573. The molecule has 110 valence electrons. The van der Waals surface area contributed by atoms with Crippen LogP contribution in [0.2, 0.25) is 0 Å². The van der Waals surface area contributed by atoms with Crippen molar-refractivity contribution in [3.8, 4) is 0 Å². The van der Waals surface area contributed by atoms with E-state index in [2.05, 4.69) is 29.5 Å². The molecule has 1 unspecified atom stereocenters. The fourth-order valence-electron chi connectivity index (χ4n) is 2.85. The van der Waals surface area contributed by atoms with E-state index < -0.39 is 4.92 Å². The van der Waals surface area contributed by atoms with E-state index in [1.807, 2.05) is 0 Å². The zero-order valence-electron chi connectivity index (χ0n) is 12.3. The predicted molar refractivity (Wildman–Crippen MR) is 80.1 cm³/mol. The minimum Gasteiger partial charge on any atom is -0.373 e. The number of hydrogen-bond donors (Lipinski definition) is 2. The second-order valence-electron chi connectivity index (χ2n) is 6.20. The number of nitro groups is 1. The quantitative estimate of drug-likeness (QED) is 0.651. The molecule has 1 aromatic rings. The van der Waals surface area contributed by atoms with Gasteiger partial charge in [0.05, 0.1) is 17.1 Å². The molecule has 1 atom stereocenters. The fourth-order valence-corrected chi connectivity index (χ4v) is 2.85. The molecule has 1 aliphatic carbocycles. The van der Waals surface area contributed by atoms with E-state index in [1.54, 1.807) is 7.05 Å². The summed E-state index contributed by atoms with van der Waals surface area (Å²) >= 11 is 0. The molecule has 1 aliphatic rings. The van der Waals surface area contributed by atoms with Gasteiger partial charge >= 0.3 is 0 Å². The molecule has 1 saturated carbocycles. The lowest BCUT2D eigenvalue weighted by molar-refractivity contribution is -0.384. The Morgan fingerprint density at radius 3 is 2.70 bits per heavy atom. The van der Waals surface area contributed by atoms with Gasteiger partial charge in [0.2, 0.25) is 0 Å². The van der Waals surface area contributed by atoms with Gasteiger partial charge in [-0.3, -0.25) is 10.1 Å². The summed E-state index contributed by atoms with van der Waals surface area (Å²) in [4.78, 5) is 14.9. The molecule has 0 aliphatic heterocycles. The van der Waals surface area contributed by atoms with Crippen LogP contribution < -0.4 is 10.6 Å². The van der Waals surface area contributed by atoms with E-state index in [9.17, 15) is 10.1 Å². The molecule has 6 heteroatoms. The highest BCUT2D eigenvalue weighted by molar-refractivity contribution is 5.54. The Balaban J connectivity index is 2.16. The van der Waals surface area contributed by atoms with Crippen molar-refractivity contribution in [2.75, 3.05) is 17.7 Å². The highest BCUT2D eigenvalue weighted by atomic mass is 16.6. The average Bonchev–Trinajstić information content (AvgIpc) is 2.37. The minimum atomic E-state index is -0.390. The number of nitrogens with one attached hydrogen (secondary N) is 2. The van der Waals surface area contributed by atoms with Crippen molar-refractivity contribution in [1.82, 2.24) is 4.98 Å². The number of hydrogen-bond acceptors (Lipinski definition) is 5. The Morgan fingerprint density at radius 2 is 2.10 bits per heavy atom. The molecule has 1 aromatic heterocycles. The molecule has 0 amide bonds. The number of aromatic nitrogens is 1. The van der Waals surface area contributed by atoms with Gasteiger partial charge in [0.1, 0.15) is 11.6 Å². The van der Waals surface area contributed by atoms with Crippen LogP contribution in [0.15, 0.2) is 12.1 Å². The molecule has 0 bridgehead atoms. The summed E-state index contributed by atoms with van der Waals surface area (Å²) in [7, 11) is 1.71. The van der Waals surface area contributed by atoms with Gasteiger partial charge in [-0.25, -0.2) is 4.98 Å². The highest BCUT2D eigenvalue weighted by Gasteiger charge is 2.28. The molecule has 0 aromatic carbocycles. The summed E-state index contributed by atoms with van der Waals surface area (Å²) in [6.07, 6.45) is 4.56. The lowest BCUT2D eigenvalue weighted by Crippen LogP contribution is -2.32. The predicted octanol–water partition coefficient (Wildman–Crippen LogP) is 3.41. The Morgan fingerprint density at radius 1 is 1.40 bits per heavy atom. The van der Waals surface area contributed by atoms with E-state index in [4.69, 9.17) is 0 Å². The topological polar surface area (TPSA) is 80.1 Å². The molecule has 0 spiro atoms. The van der Waals surface area contributed by atoms with Gasteiger partial charge < -0.3 is 10.6 Å². The summed E-state index contributed by atoms with van der Waals surface area (Å²) in [6, 6.07) is 3.27. The largest absolute Gasteiger partial charge is 0.373 e. The lowest BCUT2D eigenvalue weighted by Gasteiger charge is -2.35. The summed E-state index contributed by atoms with van der Waals surface area (Å²) in [5.41, 5.74) is 0.379. The molecular weight excluding hydrogens is 256 g/mol. The van der Waals surface area contributed by atoms with Gasteiger partial charge in [0.15, 0.2) is 0 Å². The molecule has 1 fully saturated rings. The van der Waals surface area contributed by atoms with E-state index in [-0.39, 0.29) is 5.69 Å². The van der Waals surface area contributed by atoms with Crippen molar-refractivity contribution in [1.29, 1.82) is 0 Å². The van der Waals surface area contributed by atoms with Gasteiger partial charge in [-0.2, -0.15) is 0 Å². The first-order chi connectivity index (χ1) is 9.39. The second-order valence-corrected chi connectivity index (χ2v) is 6.20. The number of pyridine rings is 1. The monoisotopic (exact) mass is 278 g/mol. The van der Waals surface area contributed by atoms with Crippen molar-refractivity contribution in [2.45, 2.75) is 45.6 Å². The smallest absolute Gasteiger partial charge is 0.276 e. The van der Waals surface area contributed by atoms with Gasteiger partial charge in [-0.15, -0.1) is 0 Å². The Labute approximate surface area is 119 Å². The van der Waals surface area contributed by atoms with Crippen molar-refractivity contribution in [2.24, 2.45) is 5.41 Å². The first-order valence-electron chi connectivity index (χ1n) is 7.00. The fraction of sp³-hybridized carbons (Fsp3) is 0.643. The van der Waals surface area contributed by atoms with Crippen LogP contribution in [0.5, 0.6) is 0 Å². The van der Waals surface area contributed by atoms with Gasteiger partial charge in [0.25, 0.3) is 5.69 Å². The van der Waals surface area contributed by atoms with Crippen molar-refractivity contribution in [3.05, 3.63) is 22.2 Å². The molecule has 2 rings (SSSR count). The van der Waals surface area contributed by atoms with Crippen LogP contribution in [0.4, 0.5) is 17.3 Å². The highest BCUT2D eigenvalue weighted by Crippen LogP contribution is 2.36. The Kier molecular flexibility index (Phi) is 4.11. The Hall–Kier alpha value is -1.85. The lowest BCUT2D eigenvalue weighted by atomic mass is 9.75. The first kappa shape index (κ1) is 14.6. The first-order valence-corrected chi connectivity index (χ1v) is 7.00. The van der Waals surface area contributed by atoms with Crippen molar-refractivity contribution >= 4 is 17.3 Å². The van der Waals surface area contributed by atoms with Crippen molar-refractivity contribution < 1.29 is 4.92 Å². The third kappa shape index (κ3) is 3.59. The summed E-state index contributed by atoms with van der Waals surface area (Å²) in [5, 5.41) is 17.2. The molecular formula is C14H22N4O2. The van der Waals surface area contributed by atoms with Gasteiger partial charge in [-0.1, -0.05) is 20.3 Å². The number of nitrogens with zero attached hydrogens (tertiary/aromatic N) is 2. The van der Waals surface area contributed by atoms with Crippen LogP contribution in [0.25, 0.3) is 0 Å². The van der Waals surface area contributed by atoms with E-state index >= 15 is 0 Å². The maximum absolute atomic E-state index is 10.9. The molecule has 0 radical (unpaired) electrons. The second kappa shape index (κ2) is 5.64. The summed E-state index contributed by atoms with van der Waals surface area (Å²) in [5.74, 6) is 1.09. The van der Waals surface area contributed by atoms with Crippen LogP contribution in [-0.2, 0) is 0 Å². The standard InChI is InChI=1S/C14H22N4O2/c1-14(2)6-4-5-10(9-14)16-13-8-11(18(19)20)7-12(15-3)17-13/h7-8,10H,4-6,9H2,1-3H3,(H2,15,16,17). The van der Waals surface area contributed by atoms with Crippen LogP contribution in [0, 0.1) is 15.5 Å². The maximum Gasteiger partial charge on any atom is 0.276 e. The third-order valence-corrected chi connectivity index (χ3v) is 3.83. The summed E-state index contributed by atoms with van der Waals surface area (Å²) in [6.45, 7) is 4.53. The van der Waals surface area contributed by atoms with Crippen LogP contribution in [0.3, 0.4) is 0 Å². The molecule has 6 nitrogen and oxygen atoms in total. The molecule has 2 N–H and O–H groups in total. The number of rotatable bonds is 4. The van der Waals surface area contributed by atoms with Crippen molar-refractivity contribution in [3.63, 3.8) is 0 Å².